The summed E-state index contributed by atoms with van der Waals surface area (Å²) >= 11 is 0.503. The Hall–Kier alpha value is -0.791. The summed E-state index contributed by atoms with van der Waals surface area (Å²) in [4.78, 5) is 14.6. The third-order valence-electron chi connectivity index (χ3n) is 4.24. The van der Waals surface area contributed by atoms with Gasteiger partial charge in [-0.05, 0) is 0 Å². The summed E-state index contributed by atoms with van der Waals surface area (Å²) in [5.74, 6) is 0.993. The van der Waals surface area contributed by atoms with Gasteiger partial charge >= 0.3 is 115 Å². The van der Waals surface area contributed by atoms with Gasteiger partial charge in [0.25, 0.3) is 0 Å². The molecule has 1 heterocycles. The topological polar surface area (TPSA) is 20.3 Å². The Bertz CT molecular complexity index is 433. The number of benzene rings is 1. The van der Waals surface area contributed by atoms with Gasteiger partial charge in [-0.3, -0.25) is 0 Å². The normalized spacial score (nSPS) is 31.5. The minimum atomic E-state index is 0.362. The molecule has 0 unspecified atom stereocenters. The van der Waals surface area contributed by atoms with Gasteiger partial charge in [0.1, 0.15) is 0 Å². The van der Waals surface area contributed by atoms with Crippen molar-refractivity contribution in [1.82, 2.24) is 4.90 Å². The van der Waals surface area contributed by atoms with Crippen LogP contribution in [0.3, 0.4) is 0 Å². The van der Waals surface area contributed by atoms with Crippen molar-refractivity contribution in [1.29, 1.82) is 0 Å². The molecule has 1 saturated heterocycles. The monoisotopic (exact) mass is 309 g/mol. The van der Waals surface area contributed by atoms with E-state index in [0.717, 1.165) is 11.2 Å². The quantitative estimate of drug-likeness (QED) is 0.764. The molecule has 2 nitrogen and oxygen atoms in total. The summed E-state index contributed by atoms with van der Waals surface area (Å²) < 4.78 is 1.48. The van der Waals surface area contributed by atoms with E-state index in [2.05, 4.69) is 30.3 Å². The SMILES string of the molecule is CN1C(=O)C[C@H]2CCC[C@H]([Se]c3ccccc3)[C@H]21. The summed E-state index contributed by atoms with van der Waals surface area (Å²) in [7, 11) is 2.01. The number of nitrogens with zero attached hydrogens (tertiary/aromatic N) is 1. The van der Waals surface area contributed by atoms with Crippen molar-refractivity contribution in [3.05, 3.63) is 30.3 Å². The van der Waals surface area contributed by atoms with Gasteiger partial charge in [0.2, 0.25) is 0 Å². The van der Waals surface area contributed by atoms with Crippen molar-refractivity contribution in [2.75, 3.05) is 7.05 Å². The van der Waals surface area contributed by atoms with Gasteiger partial charge in [-0.2, -0.15) is 0 Å². The maximum atomic E-state index is 11.9. The van der Waals surface area contributed by atoms with Crippen LogP contribution in [0.4, 0.5) is 0 Å². The van der Waals surface area contributed by atoms with Crippen molar-refractivity contribution < 1.29 is 4.79 Å². The van der Waals surface area contributed by atoms with E-state index in [1.165, 1.54) is 23.7 Å². The Morgan fingerprint density at radius 1 is 1.22 bits per heavy atom. The maximum absolute atomic E-state index is 11.9. The van der Waals surface area contributed by atoms with Crippen molar-refractivity contribution in [3.63, 3.8) is 0 Å². The number of amides is 1. The first-order valence-electron chi connectivity index (χ1n) is 6.73. The summed E-state index contributed by atoms with van der Waals surface area (Å²) in [6.45, 7) is 0. The van der Waals surface area contributed by atoms with Crippen LogP contribution in [0.2, 0.25) is 4.82 Å². The molecule has 0 bridgehead atoms. The number of fused-ring (bicyclic) bond motifs is 1. The van der Waals surface area contributed by atoms with Crippen molar-refractivity contribution >= 4 is 25.3 Å². The van der Waals surface area contributed by atoms with E-state index in [9.17, 15) is 4.79 Å². The molecule has 1 saturated carbocycles. The van der Waals surface area contributed by atoms with Crippen LogP contribution in [0.15, 0.2) is 30.3 Å². The van der Waals surface area contributed by atoms with Crippen molar-refractivity contribution in [2.24, 2.45) is 5.92 Å². The van der Waals surface area contributed by atoms with Gasteiger partial charge in [0, 0.05) is 0 Å². The molecule has 3 atom stereocenters. The molecular weight excluding hydrogens is 289 g/mol. The molecule has 1 aliphatic heterocycles. The number of hydrogen-bond acceptors (Lipinski definition) is 1. The number of likely N-dealkylation sites (tertiary alicyclic amines) is 1. The number of rotatable bonds is 2. The van der Waals surface area contributed by atoms with E-state index in [1.54, 1.807) is 0 Å². The zero-order valence-corrected chi connectivity index (χ0v) is 12.4. The fraction of sp³-hybridized carbons (Fsp3) is 0.533. The average Bonchev–Trinajstić information content (AvgIpc) is 2.67. The Labute approximate surface area is 115 Å². The minimum absolute atomic E-state index is 0.362. The van der Waals surface area contributed by atoms with Gasteiger partial charge in [-0.15, -0.1) is 0 Å². The number of hydrogen-bond donors (Lipinski definition) is 0. The zero-order chi connectivity index (χ0) is 12.5. The Kier molecular flexibility index (Phi) is 3.45. The second-order valence-corrected chi connectivity index (χ2v) is 8.11. The standard InChI is InChI=1S/C15H19NOSe/c1-16-14(17)10-11-6-5-9-13(15(11)16)18-12-7-3-2-4-8-12/h2-4,7-8,11,13,15H,5-6,9-10H2,1H3/t11-,13+,15+/m1/s1. The zero-order valence-electron chi connectivity index (χ0n) is 10.7. The summed E-state index contributed by atoms with van der Waals surface area (Å²) in [5, 5.41) is 0. The predicted molar refractivity (Wildman–Crippen MR) is 74.1 cm³/mol. The first kappa shape index (κ1) is 12.3. The first-order valence-corrected chi connectivity index (χ1v) is 8.57. The van der Waals surface area contributed by atoms with Gasteiger partial charge in [0.15, 0.2) is 0 Å². The molecule has 0 aromatic heterocycles. The Morgan fingerprint density at radius 2 is 2.00 bits per heavy atom. The third-order valence-corrected chi connectivity index (χ3v) is 7.09. The molecule has 3 rings (SSSR count). The first-order chi connectivity index (χ1) is 8.75. The van der Waals surface area contributed by atoms with Crippen LogP contribution in [0.1, 0.15) is 25.7 Å². The molecule has 18 heavy (non-hydrogen) atoms. The molecule has 1 amide bonds. The van der Waals surface area contributed by atoms with Crippen LogP contribution >= 0.6 is 0 Å². The molecule has 2 aliphatic rings. The van der Waals surface area contributed by atoms with E-state index in [0.29, 0.717) is 32.8 Å². The Balaban J connectivity index is 1.77. The van der Waals surface area contributed by atoms with E-state index >= 15 is 0 Å². The number of carbonyl (C=O) groups is 1. The van der Waals surface area contributed by atoms with E-state index in [1.807, 2.05) is 11.9 Å². The average molecular weight is 308 g/mol. The molecule has 1 aromatic carbocycles. The van der Waals surface area contributed by atoms with E-state index in [-0.39, 0.29) is 0 Å². The molecule has 3 heteroatoms. The molecular formula is C15H19NOSe. The second kappa shape index (κ2) is 5.06. The van der Waals surface area contributed by atoms with Crippen LogP contribution < -0.4 is 4.46 Å². The summed E-state index contributed by atoms with van der Waals surface area (Å²) in [5.41, 5.74) is 0. The second-order valence-electron chi connectivity index (χ2n) is 5.36. The summed E-state index contributed by atoms with van der Waals surface area (Å²) in [6.07, 6.45) is 4.65. The van der Waals surface area contributed by atoms with Crippen molar-refractivity contribution in [2.45, 2.75) is 36.5 Å². The van der Waals surface area contributed by atoms with Crippen LogP contribution in [0, 0.1) is 5.92 Å². The molecule has 1 aromatic rings. The van der Waals surface area contributed by atoms with Crippen LogP contribution in [0.5, 0.6) is 0 Å². The van der Waals surface area contributed by atoms with Gasteiger partial charge in [-0.1, -0.05) is 0 Å². The van der Waals surface area contributed by atoms with Gasteiger partial charge in [0.05, 0.1) is 0 Å². The molecule has 1 aliphatic carbocycles. The fourth-order valence-electron chi connectivity index (χ4n) is 3.35. The van der Waals surface area contributed by atoms with Crippen LogP contribution in [-0.4, -0.2) is 38.9 Å². The van der Waals surface area contributed by atoms with Crippen LogP contribution in [-0.2, 0) is 4.79 Å². The molecule has 2 fully saturated rings. The van der Waals surface area contributed by atoms with Gasteiger partial charge in [-0.25, -0.2) is 0 Å². The Morgan fingerprint density at radius 3 is 2.78 bits per heavy atom. The number of carbonyl (C=O) groups excluding carboxylic acids is 1. The van der Waals surface area contributed by atoms with E-state index in [4.69, 9.17) is 0 Å². The van der Waals surface area contributed by atoms with E-state index < -0.39 is 0 Å². The van der Waals surface area contributed by atoms with Gasteiger partial charge < -0.3 is 0 Å². The third kappa shape index (κ3) is 2.22. The van der Waals surface area contributed by atoms with Crippen molar-refractivity contribution in [3.8, 4) is 0 Å². The predicted octanol–water partition coefficient (Wildman–Crippen LogP) is 1.84. The van der Waals surface area contributed by atoms with Crippen LogP contribution in [0.25, 0.3) is 0 Å². The molecule has 96 valence electrons. The molecule has 0 radical (unpaired) electrons. The molecule has 0 N–H and O–H groups in total. The molecule has 0 spiro atoms. The summed E-state index contributed by atoms with van der Waals surface area (Å²) in [6, 6.07) is 11.3. The fourth-order valence-corrected chi connectivity index (χ4v) is 6.48.